The van der Waals surface area contributed by atoms with Crippen LogP contribution in [-0.2, 0) is 11.2 Å². The molecule has 1 amide bonds. The fraction of sp³-hybridized carbons (Fsp3) is 0.261. The van der Waals surface area contributed by atoms with E-state index in [0.29, 0.717) is 6.54 Å². The molecule has 0 aliphatic heterocycles. The van der Waals surface area contributed by atoms with Gasteiger partial charge in [0.05, 0.1) is 10.9 Å². The number of nitrogens with two attached hydrogens (primary N) is 1. The zero-order valence-electron chi connectivity index (χ0n) is 15.9. The van der Waals surface area contributed by atoms with E-state index in [1.54, 1.807) is 11.3 Å². The second-order valence-electron chi connectivity index (χ2n) is 6.73. The Bertz CT molecular complexity index is 829. The van der Waals surface area contributed by atoms with E-state index in [1.165, 1.54) is 16.0 Å². The van der Waals surface area contributed by atoms with Crippen molar-refractivity contribution in [3.63, 3.8) is 0 Å². The largest absolute Gasteiger partial charge is 0.345 e. The molecule has 3 N–H and O–H groups in total. The number of nitrogens with one attached hydrogen (secondary N) is 1. The molecular weight excluding hydrogens is 352 g/mol. The Morgan fingerprint density at radius 3 is 2.37 bits per heavy atom. The number of carbonyl (C=O) groups is 1. The maximum atomic E-state index is 12.5. The lowest BCUT2D eigenvalue weighted by Gasteiger charge is -2.17. The molecule has 0 unspecified atom stereocenters. The molecule has 0 saturated carbocycles. The number of thiophene rings is 1. The van der Waals surface area contributed by atoms with Crippen LogP contribution in [0.1, 0.15) is 47.5 Å². The highest BCUT2D eigenvalue weighted by atomic mass is 32.1. The van der Waals surface area contributed by atoms with Crippen LogP contribution in [0.3, 0.4) is 0 Å². The summed E-state index contributed by atoms with van der Waals surface area (Å²) in [6, 6.07) is 23.2. The molecule has 3 aromatic rings. The summed E-state index contributed by atoms with van der Waals surface area (Å²) in [4.78, 5) is 13.8. The molecule has 0 spiro atoms. The van der Waals surface area contributed by atoms with Gasteiger partial charge in [0.15, 0.2) is 6.54 Å². The Morgan fingerprint density at radius 1 is 1.00 bits per heavy atom. The molecule has 2 aromatic carbocycles. The van der Waals surface area contributed by atoms with Gasteiger partial charge < -0.3 is 10.6 Å². The Morgan fingerprint density at radius 2 is 1.74 bits per heavy atom. The number of benzene rings is 2. The van der Waals surface area contributed by atoms with E-state index in [9.17, 15) is 4.79 Å². The molecule has 0 saturated heterocycles. The predicted octanol–water partition coefficient (Wildman–Crippen LogP) is 3.84. The number of hydrogen-bond acceptors (Lipinski definition) is 2. The minimum absolute atomic E-state index is 0.00807. The van der Waals surface area contributed by atoms with Gasteiger partial charge in [-0.2, -0.15) is 0 Å². The van der Waals surface area contributed by atoms with E-state index in [-0.39, 0.29) is 18.0 Å². The SMILES string of the molecule is CCc1ccc([C@H](C)NC(=O)C[NH2+][C@H](c2ccccc2)c2cccs2)cc1. The zero-order chi connectivity index (χ0) is 19.1. The molecule has 1 aromatic heterocycles. The molecule has 27 heavy (non-hydrogen) atoms. The Kier molecular flexibility index (Phi) is 6.80. The lowest BCUT2D eigenvalue weighted by Crippen LogP contribution is -2.87. The summed E-state index contributed by atoms with van der Waals surface area (Å²) in [5.41, 5.74) is 3.67. The second kappa shape index (κ2) is 9.49. The van der Waals surface area contributed by atoms with Gasteiger partial charge in [-0.3, -0.25) is 4.79 Å². The number of hydrogen-bond donors (Lipinski definition) is 2. The van der Waals surface area contributed by atoms with E-state index in [1.807, 2.05) is 25.1 Å². The second-order valence-corrected chi connectivity index (χ2v) is 7.71. The van der Waals surface area contributed by atoms with Crippen molar-refractivity contribution >= 4 is 17.2 Å². The standard InChI is InChI=1S/C23H26N2OS/c1-3-18-11-13-19(14-12-18)17(2)25-22(26)16-24-23(21-10-7-15-27-21)20-8-5-4-6-9-20/h4-15,17,23-24H,3,16H2,1-2H3,(H,25,26)/p+1/t17-,23+/m0/s1. The van der Waals surface area contributed by atoms with Crippen molar-refractivity contribution in [3.8, 4) is 0 Å². The summed E-state index contributed by atoms with van der Waals surface area (Å²) in [6.07, 6.45) is 1.03. The molecule has 3 nitrogen and oxygen atoms in total. The van der Waals surface area contributed by atoms with Crippen LogP contribution in [0.4, 0.5) is 0 Å². The van der Waals surface area contributed by atoms with Gasteiger partial charge in [-0.05, 0) is 35.9 Å². The van der Waals surface area contributed by atoms with Gasteiger partial charge in [0.25, 0.3) is 5.91 Å². The maximum absolute atomic E-state index is 12.5. The van der Waals surface area contributed by atoms with E-state index in [2.05, 4.69) is 71.5 Å². The van der Waals surface area contributed by atoms with E-state index >= 15 is 0 Å². The highest BCUT2D eigenvalue weighted by Crippen LogP contribution is 2.22. The normalized spacial score (nSPS) is 13.1. The Hall–Kier alpha value is -2.43. The van der Waals surface area contributed by atoms with Gasteiger partial charge in [-0.15, -0.1) is 11.3 Å². The topological polar surface area (TPSA) is 45.7 Å². The average molecular weight is 380 g/mol. The Labute approximate surface area is 165 Å². The summed E-state index contributed by atoms with van der Waals surface area (Å²) < 4.78 is 0. The third-order valence-electron chi connectivity index (χ3n) is 4.81. The van der Waals surface area contributed by atoms with Crippen LogP contribution >= 0.6 is 11.3 Å². The molecule has 3 rings (SSSR count). The van der Waals surface area contributed by atoms with Crippen LogP contribution in [0.15, 0.2) is 72.1 Å². The first-order valence-corrected chi connectivity index (χ1v) is 10.3. The zero-order valence-corrected chi connectivity index (χ0v) is 16.7. The van der Waals surface area contributed by atoms with Crippen molar-refractivity contribution in [3.05, 3.63) is 93.7 Å². The van der Waals surface area contributed by atoms with Gasteiger partial charge >= 0.3 is 0 Å². The van der Waals surface area contributed by atoms with Gasteiger partial charge in [-0.25, -0.2) is 0 Å². The molecule has 0 fully saturated rings. The molecule has 0 aliphatic rings. The molecule has 0 bridgehead atoms. The summed E-state index contributed by atoms with van der Waals surface area (Å²) in [6.45, 7) is 4.58. The summed E-state index contributed by atoms with van der Waals surface area (Å²) in [5, 5.41) is 7.32. The van der Waals surface area contributed by atoms with Gasteiger partial charge in [0.2, 0.25) is 0 Å². The molecule has 0 radical (unpaired) electrons. The summed E-state index contributed by atoms with van der Waals surface area (Å²) in [5.74, 6) is 0.0551. The smallest absolute Gasteiger partial charge is 0.275 e. The number of aryl methyl sites for hydroxylation is 1. The van der Waals surface area contributed by atoms with Gasteiger partial charge in [0, 0.05) is 5.56 Å². The average Bonchev–Trinajstić information content (AvgIpc) is 3.23. The first kappa shape index (κ1) is 19.3. The van der Waals surface area contributed by atoms with E-state index < -0.39 is 0 Å². The number of rotatable bonds is 8. The molecule has 0 aliphatic carbocycles. The Balaban J connectivity index is 1.60. The maximum Gasteiger partial charge on any atom is 0.275 e. The molecule has 2 atom stereocenters. The highest BCUT2D eigenvalue weighted by molar-refractivity contribution is 7.10. The van der Waals surface area contributed by atoms with E-state index in [4.69, 9.17) is 0 Å². The number of carbonyl (C=O) groups excluding carboxylic acids is 1. The summed E-state index contributed by atoms with van der Waals surface area (Å²) in [7, 11) is 0. The third kappa shape index (κ3) is 5.28. The third-order valence-corrected chi connectivity index (χ3v) is 5.77. The predicted molar refractivity (Wildman–Crippen MR) is 112 cm³/mol. The molecule has 1 heterocycles. The van der Waals surface area contributed by atoms with Crippen molar-refractivity contribution in [1.29, 1.82) is 0 Å². The first-order valence-electron chi connectivity index (χ1n) is 9.47. The molecule has 140 valence electrons. The van der Waals surface area contributed by atoms with Crippen LogP contribution in [0.25, 0.3) is 0 Å². The minimum Gasteiger partial charge on any atom is -0.345 e. The van der Waals surface area contributed by atoms with Gasteiger partial charge in [0.1, 0.15) is 6.04 Å². The van der Waals surface area contributed by atoms with Crippen molar-refractivity contribution in [1.82, 2.24) is 5.32 Å². The number of quaternary nitrogens is 1. The van der Waals surface area contributed by atoms with Crippen molar-refractivity contribution < 1.29 is 10.1 Å². The van der Waals surface area contributed by atoms with Crippen molar-refractivity contribution in [2.24, 2.45) is 0 Å². The fourth-order valence-electron chi connectivity index (χ4n) is 3.20. The van der Waals surface area contributed by atoms with E-state index in [0.717, 1.165) is 12.0 Å². The summed E-state index contributed by atoms with van der Waals surface area (Å²) >= 11 is 1.73. The minimum atomic E-state index is 0.00807. The van der Waals surface area contributed by atoms with Gasteiger partial charge in [-0.1, -0.05) is 67.6 Å². The fourth-order valence-corrected chi connectivity index (χ4v) is 4.05. The lowest BCUT2D eigenvalue weighted by molar-refractivity contribution is -0.676. The van der Waals surface area contributed by atoms with Crippen molar-refractivity contribution in [2.75, 3.05) is 6.54 Å². The van der Waals surface area contributed by atoms with Crippen LogP contribution in [0.2, 0.25) is 0 Å². The van der Waals surface area contributed by atoms with Crippen LogP contribution in [-0.4, -0.2) is 12.5 Å². The monoisotopic (exact) mass is 379 g/mol. The highest BCUT2D eigenvalue weighted by Gasteiger charge is 2.20. The number of amides is 1. The first-order chi connectivity index (χ1) is 13.2. The molecule has 4 heteroatoms. The van der Waals surface area contributed by atoms with Crippen LogP contribution in [0.5, 0.6) is 0 Å². The van der Waals surface area contributed by atoms with Crippen molar-refractivity contribution in [2.45, 2.75) is 32.4 Å². The molecular formula is C23H27N2OS+. The van der Waals surface area contributed by atoms with Crippen LogP contribution in [0, 0.1) is 0 Å². The van der Waals surface area contributed by atoms with Crippen LogP contribution < -0.4 is 10.6 Å². The quantitative estimate of drug-likeness (QED) is 0.614. The lowest BCUT2D eigenvalue weighted by atomic mass is 10.0.